The first-order chi connectivity index (χ1) is 7.58. The fourth-order valence-electron chi connectivity index (χ4n) is 2.24. The molecule has 2 aliphatic rings. The van der Waals surface area contributed by atoms with Gasteiger partial charge in [-0.15, -0.1) is 49.6 Å². The predicted octanol–water partition coefficient (Wildman–Crippen LogP) is 1.60. The zero-order valence-corrected chi connectivity index (χ0v) is 16.0. The Labute approximate surface area is 149 Å². The molecule has 2 rings (SSSR count). The molecule has 0 aromatic heterocycles. The molecular weight excluding hydrogens is 342 g/mol. The quantitative estimate of drug-likeness (QED) is 0.521. The van der Waals surface area contributed by atoms with E-state index in [1.54, 1.807) is 0 Å². The molecule has 2 saturated heterocycles. The SMILES string of the molecule is C[C@@H]1CNC[C@@H](C)N1.C[C@H]1CNC[C@H](C)N1.Cl.Cl.Cl.Cl. The number of nitrogens with one attached hydrogen (secondary N) is 4. The summed E-state index contributed by atoms with van der Waals surface area (Å²) in [6, 6.07) is 2.61. The van der Waals surface area contributed by atoms with E-state index in [9.17, 15) is 0 Å². The van der Waals surface area contributed by atoms with Crippen molar-refractivity contribution in [3.05, 3.63) is 0 Å². The van der Waals surface area contributed by atoms with Crippen LogP contribution >= 0.6 is 49.6 Å². The van der Waals surface area contributed by atoms with Crippen molar-refractivity contribution in [2.45, 2.75) is 51.9 Å². The highest BCUT2D eigenvalue weighted by Gasteiger charge is 2.11. The van der Waals surface area contributed by atoms with E-state index in [0.29, 0.717) is 24.2 Å². The number of hydrogen-bond acceptors (Lipinski definition) is 4. The largest absolute Gasteiger partial charge is 0.314 e. The molecule has 2 fully saturated rings. The van der Waals surface area contributed by atoms with Gasteiger partial charge in [0.25, 0.3) is 0 Å². The first kappa shape index (κ1) is 29.1. The molecule has 20 heavy (non-hydrogen) atoms. The highest BCUT2D eigenvalue weighted by molar-refractivity contribution is 5.86. The first-order valence-corrected chi connectivity index (χ1v) is 6.51. The maximum atomic E-state index is 3.42. The van der Waals surface area contributed by atoms with E-state index in [1.165, 1.54) is 0 Å². The molecule has 4 nitrogen and oxygen atoms in total. The van der Waals surface area contributed by atoms with Gasteiger partial charge < -0.3 is 21.3 Å². The van der Waals surface area contributed by atoms with Crippen molar-refractivity contribution in [2.24, 2.45) is 0 Å². The van der Waals surface area contributed by atoms with Crippen LogP contribution in [0.1, 0.15) is 27.7 Å². The molecule has 0 spiro atoms. The topological polar surface area (TPSA) is 48.1 Å². The van der Waals surface area contributed by atoms with E-state index in [2.05, 4.69) is 49.0 Å². The van der Waals surface area contributed by atoms with Crippen LogP contribution in [-0.4, -0.2) is 50.3 Å². The molecule has 0 saturated carbocycles. The summed E-state index contributed by atoms with van der Waals surface area (Å²) in [7, 11) is 0. The van der Waals surface area contributed by atoms with Crippen molar-refractivity contribution >= 4 is 49.6 Å². The summed E-state index contributed by atoms with van der Waals surface area (Å²) in [5.41, 5.74) is 0. The van der Waals surface area contributed by atoms with Gasteiger partial charge in [0.2, 0.25) is 0 Å². The minimum Gasteiger partial charge on any atom is -0.314 e. The molecule has 0 aromatic rings. The van der Waals surface area contributed by atoms with Crippen LogP contribution in [0, 0.1) is 0 Å². The van der Waals surface area contributed by atoms with Crippen LogP contribution in [0.4, 0.5) is 0 Å². The van der Waals surface area contributed by atoms with Crippen LogP contribution in [0.5, 0.6) is 0 Å². The summed E-state index contributed by atoms with van der Waals surface area (Å²) in [4.78, 5) is 0. The minimum absolute atomic E-state index is 0. The van der Waals surface area contributed by atoms with Crippen LogP contribution in [0.2, 0.25) is 0 Å². The summed E-state index contributed by atoms with van der Waals surface area (Å²) in [5.74, 6) is 0. The van der Waals surface area contributed by atoms with Crippen molar-refractivity contribution in [3.63, 3.8) is 0 Å². The summed E-state index contributed by atoms with van der Waals surface area (Å²) >= 11 is 0. The van der Waals surface area contributed by atoms with Gasteiger partial charge in [-0.25, -0.2) is 0 Å². The lowest BCUT2D eigenvalue weighted by atomic mass is 10.2. The van der Waals surface area contributed by atoms with Gasteiger partial charge in [-0.05, 0) is 27.7 Å². The molecule has 0 amide bonds. The number of halogens is 4. The van der Waals surface area contributed by atoms with E-state index < -0.39 is 0 Å². The number of hydrogen-bond donors (Lipinski definition) is 4. The van der Waals surface area contributed by atoms with Crippen molar-refractivity contribution in [1.82, 2.24) is 21.3 Å². The maximum Gasteiger partial charge on any atom is 0.0167 e. The Morgan fingerprint density at radius 1 is 0.500 bits per heavy atom. The highest BCUT2D eigenvalue weighted by Crippen LogP contribution is 1.90. The fourth-order valence-corrected chi connectivity index (χ4v) is 2.24. The van der Waals surface area contributed by atoms with E-state index in [0.717, 1.165) is 26.2 Å². The molecule has 0 bridgehead atoms. The van der Waals surface area contributed by atoms with E-state index in [4.69, 9.17) is 0 Å². The lowest BCUT2D eigenvalue weighted by Crippen LogP contribution is -2.52. The van der Waals surface area contributed by atoms with E-state index in [1.807, 2.05) is 0 Å². The van der Waals surface area contributed by atoms with Gasteiger partial charge in [-0.3, -0.25) is 0 Å². The first-order valence-electron chi connectivity index (χ1n) is 6.51. The Morgan fingerprint density at radius 2 is 0.700 bits per heavy atom. The second-order valence-electron chi connectivity index (χ2n) is 5.25. The van der Waals surface area contributed by atoms with Gasteiger partial charge in [0.1, 0.15) is 0 Å². The van der Waals surface area contributed by atoms with Crippen LogP contribution in [0.3, 0.4) is 0 Å². The Kier molecular flexibility index (Phi) is 23.8. The summed E-state index contributed by atoms with van der Waals surface area (Å²) in [6.07, 6.45) is 0. The molecule has 0 radical (unpaired) electrons. The average Bonchev–Trinajstić information content (AvgIpc) is 2.17. The Balaban J connectivity index is -0.000000107. The smallest absolute Gasteiger partial charge is 0.0167 e. The molecule has 8 heteroatoms. The molecular formula is C12H32Cl4N4. The van der Waals surface area contributed by atoms with Gasteiger partial charge in [-0.1, -0.05) is 0 Å². The molecule has 2 heterocycles. The fraction of sp³-hybridized carbons (Fsp3) is 1.00. The van der Waals surface area contributed by atoms with E-state index in [-0.39, 0.29) is 49.6 Å². The normalized spacial score (nSPS) is 31.8. The zero-order valence-electron chi connectivity index (χ0n) is 12.8. The molecule has 128 valence electrons. The highest BCUT2D eigenvalue weighted by atomic mass is 35.5. The zero-order chi connectivity index (χ0) is 12.0. The Bertz CT molecular complexity index is 164. The monoisotopic (exact) mass is 372 g/mol. The minimum atomic E-state index is 0. The Hall–Kier alpha value is 1.00. The molecule has 0 unspecified atom stereocenters. The van der Waals surface area contributed by atoms with Crippen LogP contribution in [0.25, 0.3) is 0 Å². The lowest BCUT2D eigenvalue weighted by molar-refractivity contribution is 0.370. The van der Waals surface area contributed by atoms with Gasteiger partial charge in [0, 0.05) is 50.3 Å². The van der Waals surface area contributed by atoms with Crippen LogP contribution in [0.15, 0.2) is 0 Å². The number of rotatable bonds is 0. The van der Waals surface area contributed by atoms with Gasteiger partial charge >= 0.3 is 0 Å². The average molecular weight is 374 g/mol. The summed E-state index contributed by atoms with van der Waals surface area (Å²) in [6.45, 7) is 13.2. The van der Waals surface area contributed by atoms with Crippen molar-refractivity contribution in [2.75, 3.05) is 26.2 Å². The maximum absolute atomic E-state index is 3.42. The van der Waals surface area contributed by atoms with Gasteiger partial charge in [0.15, 0.2) is 0 Å². The predicted molar refractivity (Wildman–Crippen MR) is 98.9 cm³/mol. The standard InChI is InChI=1S/2C6H14N2.4ClH/c2*1-5-3-7-4-6(2)8-5;;;;/h2*5-8H,3-4H2,1-2H3;4*1H/t2*5-,6-;;;;/m10..../s1. The van der Waals surface area contributed by atoms with Crippen molar-refractivity contribution in [3.8, 4) is 0 Å². The third kappa shape index (κ3) is 14.0. The Morgan fingerprint density at radius 3 is 0.800 bits per heavy atom. The lowest BCUT2D eigenvalue weighted by Gasteiger charge is -2.26. The third-order valence-electron chi connectivity index (χ3n) is 2.94. The van der Waals surface area contributed by atoms with Crippen LogP contribution in [-0.2, 0) is 0 Å². The van der Waals surface area contributed by atoms with Gasteiger partial charge in [-0.2, -0.15) is 0 Å². The molecule has 0 aliphatic carbocycles. The number of piperazine rings is 2. The molecule has 4 atom stereocenters. The van der Waals surface area contributed by atoms with Crippen molar-refractivity contribution < 1.29 is 0 Å². The van der Waals surface area contributed by atoms with Gasteiger partial charge in [0.05, 0.1) is 0 Å². The molecule has 0 aromatic carbocycles. The third-order valence-corrected chi connectivity index (χ3v) is 2.94. The molecule has 4 N–H and O–H groups in total. The molecule has 2 aliphatic heterocycles. The van der Waals surface area contributed by atoms with Crippen LogP contribution < -0.4 is 21.3 Å². The summed E-state index contributed by atoms with van der Waals surface area (Å²) in [5, 5.41) is 13.5. The second-order valence-corrected chi connectivity index (χ2v) is 5.25. The van der Waals surface area contributed by atoms with Crippen molar-refractivity contribution in [1.29, 1.82) is 0 Å². The second kappa shape index (κ2) is 16.4. The summed E-state index contributed by atoms with van der Waals surface area (Å²) < 4.78 is 0. The van der Waals surface area contributed by atoms with E-state index >= 15 is 0 Å².